The maximum atomic E-state index is 11.4. The van der Waals surface area contributed by atoms with Gasteiger partial charge in [0.2, 0.25) is 15.8 Å². The summed E-state index contributed by atoms with van der Waals surface area (Å²) < 4.78 is 31.9. The van der Waals surface area contributed by atoms with E-state index in [2.05, 4.69) is 10.1 Å². The van der Waals surface area contributed by atoms with Crippen LogP contribution < -0.4 is 10.5 Å². The molecule has 0 saturated heterocycles. The number of rotatable bonds is 5. The zero-order valence-electron chi connectivity index (χ0n) is 11.2. The van der Waals surface area contributed by atoms with Crippen molar-refractivity contribution in [2.45, 2.75) is 11.4 Å². The van der Waals surface area contributed by atoms with Crippen LogP contribution in [-0.2, 0) is 21.3 Å². The lowest BCUT2D eigenvalue weighted by molar-refractivity contribution is 0.0563. The molecule has 0 saturated carbocycles. The Morgan fingerprint density at radius 3 is 2.52 bits per heavy atom. The van der Waals surface area contributed by atoms with Crippen molar-refractivity contribution in [2.24, 2.45) is 5.14 Å². The molecule has 0 aliphatic heterocycles. The van der Waals surface area contributed by atoms with E-state index in [1.807, 2.05) is 0 Å². The molecule has 21 heavy (non-hydrogen) atoms. The molecule has 0 spiro atoms. The zero-order chi connectivity index (χ0) is 15.5. The lowest BCUT2D eigenvalue weighted by atomic mass is 10.2. The third kappa shape index (κ3) is 3.61. The number of carbonyl (C=O) groups excluding carboxylic acids is 1. The fourth-order valence-electron chi connectivity index (χ4n) is 1.71. The fourth-order valence-corrected chi connectivity index (χ4v) is 2.22. The highest BCUT2D eigenvalue weighted by molar-refractivity contribution is 7.89. The normalized spacial score (nSPS) is 11.1. The summed E-state index contributed by atoms with van der Waals surface area (Å²) in [6.45, 7) is 0.329. The Morgan fingerprint density at radius 2 is 1.95 bits per heavy atom. The van der Waals surface area contributed by atoms with Crippen LogP contribution in [0.3, 0.4) is 0 Å². The minimum Gasteiger partial charge on any atom is -0.463 e. The molecular weight excluding hydrogens is 296 g/mol. The van der Waals surface area contributed by atoms with Gasteiger partial charge in [-0.25, -0.2) is 18.4 Å². The topological polar surface area (TPSA) is 112 Å². The van der Waals surface area contributed by atoms with Crippen LogP contribution in [0.1, 0.15) is 16.1 Å². The molecule has 0 bridgehead atoms. The minimum absolute atomic E-state index is 0.0339. The number of carbonyl (C=O) groups is 1. The first-order chi connectivity index (χ1) is 9.91. The van der Waals surface area contributed by atoms with Gasteiger partial charge < -0.3 is 14.5 Å². The molecule has 2 rings (SSSR count). The monoisotopic (exact) mass is 310 g/mol. The van der Waals surface area contributed by atoms with Crippen molar-refractivity contribution in [1.29, 1.82) is 0 Å². The van der Waals surface area contributed by atoms with Crippen molar-refractivity contribution in [3.05, 3.63) is 47.9 Å². The molecule has 7 nitrogen and oxygen atoms in total. The second-order valence-electron chi connectivity index (χ2n) is 4.19. The van der Waals surface area contributed by atoms with Gasteiger partial charge in [0.1, 0.15) is 0 Å². The van der Waals surface area contributed by atoms with Gasteiger partial charge in [-0.15, -0.1) is 0 Å². The second kappa shape index (κ2) is 5.98. The van der Waals surface area contributed by atoms with E-state index in [9.17, 15) is 13.2 Å². The number of methoxy groups -OCH3 is 1. The van der Waals surface area contributed by atoms with Crippen molar-refractivity contribution >= 4 is 21.7 Å². The molecule has 3 N–H and O–H groups in total. The summed E-state index contributed by atoms with van der Waals surface area (Å²) >= 11 is 0. The molecule has 1 aromatic carbocycles. The number of nitrogens with two attached hydrogens (primary N) is 1. The Kier molecular flexibility index (Phi) is 4.29. The van der Waals surface area contributed by atoms with E-state index in [1.54, 1.807) is 18.2 Å². The third-order valence-corrected chi connectivity index (χ3v) is 3.71. The Bertz CT molecular complexity index is 734. The molecule has 1 aromatic heterocycles. The van der Waals surface area contributed by atoms with Crippen molar-refractivity contribution < 1.29 is 22.4 Å². The van der Waals surface area contributed by atoms with Crippen molar-refractivity contribution in [1.82, 2.24) is 0 Å². The highest BCUT2D eigenvalue weighted by Gasteiger charge is 2.15. The lowest BCUT2D eigenvalue weighted by Gasteiger charge is -2.07. The maximum Gasteiger partial charge on any atom is 0.374 e. The number of benzene rings is 1. The zero-order valence-corrected chi connectivity index (χ0v) is 12.0. The van der Waals surface area contributed by atoms with Crippen LogP contribution in [0.2, 0.25) is 0 Å². The number of esters is 1. The van der Waals surface area contributed by atoms with Crippen LogP contribution in [0.4, 0.5) is 5.69 Å². The predicted octanol–water partition coefficient (Wildman–Crippen LogP) is 1.33. The number of nitrogens with one attached hydrogen (secondary N) is 1. The Hall–Kier alpha value is -2.32. The number of sulfonamides is 1. The van der Waals surface area contributed by atoms with Crippen molar-refractivity contribution in [3.63, 3.8) is 0 Å². The summed E-state index contributed by atoms with van der Waals surface area (Å²) in [6, 6.07) is 7.61. The van der Waals surface area contributed by atoms with Gasteiger partial charge >= 0.3 is 5.97 Å². The van der Waals surface area contributed by atoms with E-state index in [0.717, 1.165) is 0 Å². The summed E-state index contributed by atoms with van der Waals surface area (Å²) in [7, 11) is -2.43. The molecule has 0 aliphatic rings. The first kappa shape index (κ1) is 15.1. The van der Waals surface area contributed by atoms with Crippen LogP contribution in [-0.4, -0.2) is 21.5 Å². The van der Waals surface area contributed by atoms with Crippen molar-refractivity contribution in [3.8, 4) is 0 Å². The van der Waals surface area contributed by atoms with E-state index >= 15 is 0 Å². The smallest absolute Gasteiger partial charge is 0.374 e. The Morgan fingerprint density at radius 1 is 1.29 bits per heavy atom. The first-order valence-corrected chi connectivity index (χ1v) is 7.48. The minimum atomic E-state index is -3.70. The molecule has 0 radical (unpaired) electrons. The number of hydrogen-bond donors (Lipinski definition) is 2. The van der Waals surface area contributed by atoms with Gasteiger partial charge in [-0.05, 0) is 30.3 Å². The summed E-state index contributed by atoms with van der Waals surface area (Å²) in [4.78, 5) is 11.5. The highest BCUT2D eigenvalue weighted by atomic mass is 32.2. The average molecular weight is 310 g/mol. The molecule has 112 valence electrons. The molecule has 8 heteroatoms. The number of anilines is 1. The Labute approximate surface area is 121 Å². The molecule has 1 heterocycles. The molecule has 0 atom stereocenters. The van der Waals surface area contributed by atoms with Gasteiger partial charge in [0.15, 0.2) is 0 Å². The summed E-state index contributed by atoms with van der Waals surface area (Å²) in [5, 5.41) is 8.06. The van der Waals surface area contributed by atoms with Crippen LogP contribution in [0.5, 0.6) is 0 Å². The third-order valence-electron chi connectivity index (χ3n) is 2.78. The van der Waals surface area contributed by atoms with Crippen LogP contribution in [0.25, 0.3) is 0 Å². The highest BCUT2D eigenvalue weighted by Crippen LogP contribution is 2.16. The van der Waals surface area contributed by atoms with E-state index < -0.39 is 16.0 Å². The van der Waals surface area contributed by atoms with Gasteiger partial charge in [-0.1, -0.05) is 0 Å². The van der Waals surface area contributed by atoms with Gasteiger partial charge in [0, 0.05) is 17.8 Å². The molecule has 0 fully saturated rings. The van der Waals surface area contributed by atoms with Crippen molar-refractivity contribution in [2.75, 3.05) is 12.4 Å². The molecule has 2 aromatic rings. The number of hydrogen-bond acceptors (Lipinski definition) is 6. The van der Waals surface area contributed by atoms with Gasteiger partial charge in [-0.2, -0.15) is 0 Å². The molecule has 0 unspecified atom stereocenters. The molecule has 0 amide bonds. The SMILES string of the molecule is COC(=O)c1occc1CNc1ccc(S(N)(=O)=O)cc1. The maximum absolute atomic E-state index is 11.4. The van der Waals surface area contributed by atoms with E-state index in [4.69, 9.17) is 9.56 Å². The summed E-state index contributed by atoms with van der Waals surface area (Å²) in [5.74, 6) is -0.424. The summed E-state index contributed by atoms with van der Waals surface area (Å²) in [5.41, 5.74) is 1.32. The number of ether oxygens (including phenoxy) is 1. The number of furan rings is 1. The average Bonchev–Trinajstić information content (AvgIpc) is 2.92. The number of primary sulfonamides is 1. The first-order valence-electron chi connectivity index (χ1n) is 5.93. The van der Waals surface area contributed by atoms with Crippen LogP contribution in [0.15, 0.2) is 45.9 Å². The fraction of sp³-hybridized carbons (Fsp3) is 0.154. The van der Waals surface area contributed by atoms with Crippen LogP contribution in [0, 0.1) is 0 Å². The standard InChI is InChI=1S/C13H14N2O5S/c1-19-13(16)12-9(6-7-20-12)8-15-10-2-4-11(5-3-10)21(14,17)18/h2-7,15H,8H2,1H3,(H2,14,17,18). The molecule has 0 aliphatic carbocycles. The van der Waals surface area contributed by atoms with Gasteiger partial charge in [-0.3, -0.25) is 0 Å². The second-order valence-corrected chi connectivity index (χ2v) is 5.75. The summed E-state index contributed by atoms with van der Waals surface area (Å²) in [6.07, 6.45) is 1.40. The Balaban J connectivity index is 2.07. The van der Waals surface area contributed by atoms with Gasteiger partial charge in [0.25, 0.3) is 0 Å². The van der Waals surface area contributed by atoms with E-state index in [-0.39, 0.29) is 10.7 Å². The van der Waals surface area contributed by atoms with E-state index in [1.165, 1.54) is 25.5 Å². The van der Waals surface area contributed by atoms with E-state index in [0.29, 0.717) is 17.8 Å². The molecular formula is C13H14N2O5S. The largest absolute Gasteiger partial charge is 0.463 e. The van der Waals surface area contributed by atoms with Gasteiger partial charge in [0.05, 0.1) is 18.3 Å². The quantitative estimate of drug-likeness (QED) is 0.806. The lowest BCUT2D eigenvalue weighted by Crippen LogP contribution is -2.12. The van der Waals surface area contributed by atoms with Crippen LogP contribution >= 0.6 is 0 Å². The predicted molar refractivity (Wildman–Crippen MR) is 75.2 cm³/mol.